The summed E-state index contributed by atoms with van der Waals surface area (Å²) in [7, 11) is 0. The number of carbonyl (C=O) groups is 2. The summed E-state index contributed by atoms with van der Waals surface area (Å²) in [5, 5.41) is 24.2. The van der Waals surface area contributed by atoms with Crippen LogP contribution in [0.4, 0.5) is 0 Å². The second-order valence-electron chi connectivity index (χ2n) is 7.54. The number of allylic oxidation sites excluding steroid dienone is 1. The second-order valence-corrected chi connectivity index (χ2v) is 7.54. The summed E-state index contributed by atoms with van der Waals surface area (Å²) in [5.41, 5.74) is 1.66. The highest BCUT2D eigenvalue weighted by molar-refractivity contribution is 6.57. The molecule has 1 aliphatic rings. The normalized spacial score (nSPS) is 17.2. The van der Waals surface area contributed by atoms with Crippen LogP contribution in [0, 0.1) is 0 Å². The number of hydrogen-bond acceptors (Lipinski definition) is 5. The first-order valence-corrected chi connectivity index (χ1v) is 9.29. The monoisotopic (exact) mass is 372 g/mol. The molecule has 0 atom stereocenters. The van der Waals surface area contributed by atoms with Gasteiger partial charge in [0.25, 0.3) is 0 Å². The highest BCUT2D eigenvalue weighted by atomic mass is 16.4. The van der Waals surface area contributed by atoms with Crippen molar-refractivity contribution in [2.24, 2.45) is 5.10 Å². The van der Waals surface area contributed by atoms with Crippen LogP contribution in [0.25, 0.3) is 0 Å². The molecule has 0 unspecified atom stereocenters. The summed E-state index contributed by atoms with van der Waals surface area (Å²) < 4.78 is 0. The molecule has 1 fully saturated rings. The number of carboxylic acid groups (broad SMARTS) is 1. The molecule has 2 N–H and O–H groups in total. The highest BCUT2D eigenvalue weighted by Gasteiger charge is 2.37. The van der Waals surface area contributed by atoms with Gasteiger partial charge >= 0.3 is 5.97 Å². The molecule has 1 saturated carbocycles. The maximum absolute atomic E-state index is 11.2. The van der Waals surface area contributed by atoms with Gasteiger partial charge in [-0.05, 0) is 36.8 Å². The van der Waals surface area contributed by atoms with Crippen LogP contribution in [0.5, 0.6) is 0 Å². The Hall–Kier alpha value is -2.63. The van der Waals surface area contributed by atoms with E-state index in [1.165, 1.54) is 29.3 Å². The SMILES string of the molecule is C/C(O)=C\N(CC1(c2cccc(C(C)C)c2)CCCC1)/N=C(\C=O)C(=O)O. The minimum absolute atomic E-state index is 0.00142. The van der Waals surface area contributed by atoms with Crippen molar-refractivity contribution >= 4 is 18.0 Å². The number of aliphatic hydroxyl groups excluding tert-OH is 1. The number of aliphatic carboxylic acids is 1. The lowest BCUT2D eigenvalue weighted by Gasteiger charge is -2.34. The van der Waals surface area contributed by atoms with Gasteiger partial charge in [-0.15, -0.1) is 0 Å². The van der Waals surface area contributed by atoms with Crippen LogP contribution >= 0.6 is 0 Å². The Balaban J connectivity index is 2.44. The number of hydrogen-bond donors (Lipinski definition) is 2. The minimum Gasteiger partial charge on any atom is -0.511 e. The van der Waals surface area contributed by atoms with Crippen molar-refractivity contribution in [3.8, 4) is 0 Å². The Kier molecular flexibility index (Phi) is 6.77. The molecule has 146 valence electrons. The van der Waals surface area contributed by atoms with E-state index < -0.39 is 11.7 Å². The van der Waals surface area contributed by atoms with Crippen molar-refractivity contribution in [3.63, 3.8) is 0 Å². The van der Waals surface area contributed by atoms with Gasteiger partial charge in [-0.25, -0.2) is 4.79 Å². The number of nitrogens with zero attached hydrogens (tertiary/aromatic N) is 2. The zero-order valence-corrected chi connectivity index (χ0v) is 16.2. The third-order valence-corrected chi connectivity index (χ3v) is 5.09. The van der Waals surface area contributed by atoms with Gasteiger partial charge < -0.3 is 10.2 Å². The predicted octanol–water partition coefficient (Wildman–Crippen LogP) is 3.98. The van der Waals surface area contributed by atoms with Crippen molar-refractivity contribution in [3.05, 3.63) is 47.4 Å². The van der Waals surface area contributed by atoms with Crippen molar-refractivity contribution in [1.29, 1.82) is 0 Å². The van der Waals surface area contributed by atoms with Crippen LogP contribution in [0.2, 0.25) is 0 Å². The topological polar surface area (TPSA) is 90.2 Å². The first-order valence-electron chi connectivity index (χ1n) is 9.29. The van der Waals surface area contributed by atoms with E-state index >= 15 is 0 Å². The van der Waals surface area contributed by atoms with Gasteiger partial charge in [-0.3, -0.25) is 9.80 Å². The predicted molar refractivity (Wildman–Crippen MR) is 105 cm³/mol. The lowest BCUT2D eigenvalue weighted by molar-refractivity contribution is -0.129. The molecule has 0 bridgehead atoms. The highest BCUT2D eigenvalue weighted by Crippen LogP contribution is 2.42. The summed E-state index contributed by atoms with van der Waals surface area (Å²) >= 11 is 0. The molecule has 27 heavy (non-hydrogen) atoms. The summed E-state index contributed by atoms with van der Waals surface area (Å²) in [6, 6.07) is 8.48. The third-order valence-electron chi connectivity index (χ3n) is 5.09. The van der Waals surface area contributed by atoms with E-state index in [-0.39, 0.29) is 17.5 Å². The molecule has 0 spiro atoms. The number of hydrazone groups is 1. The van der Waals surface area contributed by atoms with Crippen molar-refractivity contribution in [2.75, 3.05) is 6.54 Å². The number of aliphatic hydroxyl groups is 1. The van der Waals surface area contributed by atoms with Gasteiger partial charge in [-0.2, -0.15) is 5.10 Å². The van der Waals surface area contributed by atoms with E-state index in [0.717, 1.165) is 25.7 Å². The molecular weight excluding hydrogens is 344 g/mol. The van der Waals surface area contributed by atoms with Crippen LogP contribution in [0.3, 0.4) is 0 Å². The van der Waals surface area contributed by atoms with E-state index in [9.17, 15) is 14.7 Å². The summed E-state index contributed by atoms with van der Waals surface area (Å²) in [6.45, 7) is 6.19. The number of benzene rings is 1. The van der Waals surface area contributed by atoms with Gasteiger partial charge in [0.1, 0.15) is 5.76 Å². The number of aldehydes is 1. The molecule has 6 heteroatoms. The Bertz CT molecular complexity index is 742. The average Bonchev–Trinajstić information content (AvgIpc) is 3.08. The fourth-order valence-electron chi connectivity index (χ4n) is 3.71. The van der Waals surface area contributed by atoms with Gasteiger partial charge in [0.05, 0.1) is 12.7 Å². The van der Waals surface area contributed by atoms with Crippen LogP contribution in [-0.4, -0.2) is 39.7 Å². The maximum Gasteiger partial charge on any atom is 0.359 e. The van der Waals surface area contributed by atoms with Gasteiger partial charge in [-0.1, -0.05) is 51.0 Å². The molecule has 1 aromatic carbocycles. The fourth-order valence-corrected chi connectivity index (χ4v) is 3.71. The smallest absolute Gasteiger partial charge is 0.359 e. The molecule has 1 aliphatic carbocycles. The van der Waals surface area contributed by atoms with Crippen molar-refractivity contribution < 1.29 is 19.8 Å². The van der Waals surface area contributed by atoms with Crippen LogP contribution < -0.4 is 0 Å². The minimum atomic E-state index is -1.39. The zero-order valence-electron chi connectivity index (χ0n) is 16.2. The molecule has 0 saturated heterocycles. The molecule has 6 nitrogen and oxygen atoms in total. The Morgan fingerprint density at radius 2 is 1.96 bits per heavy atom. The summed E-state index contributed by atoms with van der Waals surface area (Å²) in [6.07, 6.45) is 5.63. The number of carboxylic acids is 1. The van der Waals surface area contributed by atoms with Crippen molar-refractivity contribution in [1.82, 2.24) is 5.01 Å². The van der Waals surface area contributed by atoms with E-state index in [4.69, 9.17) is 5.11 Å². The first-order chi connectivity index (χ1) is 12.8. The quantitative estimate of drug-likeness (QED) is 0.237. The second kappa shape index (κ2) is 8.84. The van der Waals surface area contributed by atoms with E-state index in [1.807, 2.05) is 0 Å². The van der Waals surface area contributed by atoms with Crippen LogP contribution in [-0.2, 0) is 15.0 Å². The van der Waals surface area contributed by atoms with Crippen LogP contribution in [0.15, 0.2) is 41.3 Å². The first kappa shape index (κ1) is 20.7. The fraction of sp³-hybridized carbons (Fsp3) is 0.476. The number of rotatable bonds is 8. The average molecular weight is 372 g/mol. The molecule has 2 rings (SSSR count). The van der Waals surface area contributed by atoms with Crippen LogP contribution in [0.1, 0.15) is 63.5 Å². The molecule has 0 aliphatic heterocycles. The van der Waals surface area contributed by atoms with Gasteiger partial charge in [0.15, 0.2) is 6.29 Å². The zero-order chi connectivity index (χ0) is 20.0. The Morgan fingerprint density at radius 1 is 1.30 bits per heavy atom. The summed E-state index contributed by atoms with van der Waals surface area (Å²) in [4.78, 5) is 22.2. The lowest BCUT2D eigenvalue weighted by Crippen LogP contribution is -2.36. The molecule has 0 radical (unpaired) electrons. The number of carbonyl (C=O) groups excluding carboxylic acids is 1. The van der Waals surface area contributed by atoms with Crippen molar-refractivity contribution in [2.45, 2.75) is 57.8 Å². The lowest BCUT2D eigenvalue weighted by atomic mass is 9.77. The van der Waals surface area contributed by atoms with E-state index in [1.54, 1.807) is 0 Å². The molecule has 0 amide bonds. The maximum atomic E-state index is 11.2. The standard InChI is InChI=1S/C21H28N2O4/c1-15(2)17-7-6-8-18(11-17)21(9-4-5-10-21)14-23(12-16(3)25)22-19(13-24)20(26)27/h6-8,11-13,15,25H,4-5,9-10,14H2,1-3H3,(H,26,27)/b16-12+,22-19+. The third kappa shape index (κ3) is 5.18. The molecule has 1 aromatic rings. The van der Waals surface area contributed by atoms with Gasteiger partial charge in [0.2, 0.25) is 5.71 Å². The van der Waals surface area contributed by atoms with Gasteiger partial charge in [0, 0.05) is 5.41 Å². The largest absolute Gasteiger partial charge is 0.511 e. The Morgan fingerprint density at radius 3 is 2.48 bits per heavy atom. The summed E-state index contributed by atoms with van der Waals surface area (Å²) in [5.74, 6) is -0.981. The van der Waals surface area contributed by atoms with E-state index in [2.05, 4.69) is 43.2 Å². The Labute approximate surface area is 160 Å². The molecular formula is C21H28N2O4. The molecule has 0 aromatic heterocycles. The molecule has 0 heterocycles. The van der Waals surface area contributed by atoms with E-state index in [0.29, 0.717) is 12.5 Å².